The van der Waals surface area contributed by atoms with Gasteiger partial charge in [-0.25, -0.2) is 13.8 Å². The van der Waals surface area contributed by atoms with Crippen molar-refractivity contribution in [1.82, 2.24) is 19.4 Å². The summed E-state index contributed by atoms with van der Waals surface area (Å²) in [5, 5.41) is 11.4. The molecule has 3 heterocycles. The zero-order valence-electron chi connectivity index (χ0n) is 25.8. The SMILES string of the molecule is Nc1c(Oc2ccc(CN3CCOCC3)cc2)ncn(CC2(O)CCN(C(=O)[C@@H]3CCC(F)(F)C[C@H]3c3ccccc3)CC2)c1=O. The molecule has 1 amide bonds. The van der Waals surface area contributed by atoms with E-state index in [0.29, 0.717) is 5.75 Å². The third-order valence-corrected chi connectivity index (χ3v) is 9.52. The van der Waals surface area contributed by atoms with E-state index in [1.54, 1.807) is 41.3 Å². The highest BCUT2D eigenvalue weighted by atomic mass is 19.3. The van der Waals surface area contributed by atoms with Crippen LogP contribution in [0.1, 0.15) is 49.1 Å². The third kappa shape index (κ3) is 7.40. The number of ether oxygens (including phenoxy) is 2. The molecule has 0 spiro atoms. The molecule has 46 heavy (non-hydrogen) atoms. The number of rotatable bonds is 8. The van der Waals surface area contributed by atoms with E-state index < -0.39 is 28.9 Å². The van der Waals surface area contributed by atoms with E-state index in [0.717, 1.165) is 44.0 Å². The Bertz CT molecular complexity index is 1550. The van der Waals surface area contributed by atoms with E-state index in [1.165, 1.54) is 10.9 Å². The number of aliphatic hydroxyl groups is 1. The van der Waals surface area contributed by atoms with Gasteiger partial charge in [-0.1, -0.05) is 42.5 Å². The van der Waals surface area contributed by atoms with Crippen molar-refractivity contribution in [3.8, 4) is 11.6 Å². The van der Waals surface area contributed by atoms with Gasteiger partial charge < -0.3 is 25.2 Å². The fourth-order valence-electron chi connectivity index (χ4n) is 6.81. The summed E-state index contributed by atoms with van der Waals surface area (Å²) in [6, 6.07) is 16.6. The molecule has 0 bridgehead atoms. The predicted molar refractivity (Wildman–Crippen MR) is 168 cm³/mol. The van der Waals surface area contributed by atoms with Crippen LogP contribution in [0.25, 0.3) is 0 Å². The topological polar surface area (TPSA) is 123 Å². The summed E-state index contributed by atoms with van der Waals surface area (Å²) in [6.45, 7) is 4.50. The van der Waals surface area contributed by atoms with E-state index in [-0.39, 0.29) is 69.2 Å². The Morgan fingerprint density at radius 3 is 2.41 bits per heavy atom. The number of anilines is 1. The molecule has 1 saturated carbocycles. The first-order chi connectivity index (χ1) is 22.1. The lowest BCUT2D eigenvalue weighted by Gasteiger charge is -2.42. The third-order valence-electron chi connectivity index (χ3n) is 9.52. The average Bonchev–Trinajstić information content (AvgIpc) is 3.06. The Balaban J connectivity index is 1.06. The maximum Gasteiger partial charge on any atom is 0.280 e. The van der Waals surface area contributed by atoms with Gasteiger partial charge in [-0.2, -0.15) is 0 Å². The van der Waals surface area contributed by atoms with Gasteiger partial charge in [0, 0.05) is 57.4 Å². The molecule has 2 saturated heterocycles. The first-order valence-corrected chi connectivity index (χ1v) is 15.9. The zero-order chi connectivity index (χ0) is 32.3. The first kappa shape index (κ1) is 32.1. The normalized spacial score (nSPS) is 23.2. The summed E-state index contributed by atoms with van der Waals surface area (Å²) in [4.78, 5) is 35.0. The Kier molecular flexibility index (Phi) is 9.39. The molecule has 6 rings (SSSR count). The number of morpholine rings is 1. The number of halogens is 2. The van der Waals surface area contributed by atoms with Gasteiger partial charge in [0.05, 0.1) is 25.4 Å². The average molecular weight is 638 g/mol. The monoisotopic (exact) mass is 637 g/mol. The van der Waals surface area contributed by atoms with Crippen molar-refractivity contribution < 1.29 is 28.2 Å². The minimum absolute atomic E-state index is 0.0133. The van der Waals surface area contributed by atoms with Gasteiger partial charge in [0.2, 0.25) is 17.7 Å². The second-order valence-corrected chi connectivity index (χ2v) is 12.8. The number of carbonyl (C=O) groups excluding carboxylic acids is 1. The number of benzene rings is 2. The summed E-state index contributed by atoms with van der Waals surface area (Å²) in [5.41, 5.74) is 6.03. The number of nitrogens with two attached hydrogens (primary N) is 1. The lowest BCUT2D eigenvalue weighted by Crippen LogP contribution is -2.52. The van der Waals surface area contributed by atoms with Gasteiger partial charge in [-0.15, -0.1) is 0 Å². The van der Waals surface area contributed by atoms with Crippen LogP contribution in [0.3, 0.4) is 0 Å². The van der Waals surface area contributed by atoms with Crippen LogP contribution in [-0.2, 0) is 22.6 Å². The summed E-state index contributed by atoms with van der Waals surface area (Å²) in [7, 11) is 0. The highest BCUT2D eigenvalue weighted by Gasteiger charge is 2.46. The Morgan fingerprint density at radius 1 is 1.02 bits per heavy atom. The van der Waals surface area contributed by atoms with Crippen molar-refractivity contribution >= 4 is 11.6 Å². The van der Waals surface area contributed by atoms with Gasteiger partial charge in [0.25, 0.3) is 5.56 Å². The predicted octanol–water partition coefficient (Wildman–Crippen LogP) is 4.02. The molecule has 12 heteroatoms. The van der Waals surface area contributed by atoms with Crippen molar-refractivity contribution in [3.63, 3.8) is 0 Å². The molecule has 1 aliphatic carbocycles. The fourth-order valence-corrected chi connectivity index (χ4v) is 6.81. The second kappa shape index (κ2) is 13.5. The quantitative estimate of drug-likeness (QED) is 0.380. The molecule has 246 valence electrons. The standard InChI is InChI=1S/C34H41F2N5O5/c35-34(36)11-10-27(28(20-34)25-4-2-1-3-5-25)31(42)40-14-12-33(44,13-15-40)22-41-23-38-30(29(37)32(41)43)46-26-8-6-24(7-9-26)21-39-16-18-45-19-17-39/h1-9,23,27-28,44H,10-22,37H2/t27-,28+/m1/s1. The van der Waals surface area contributed by atoms with E-state index >= 15 is 0 Å². The van der Waals surface area contributed by atoms with Crippen LogP contribution in [-0.4, -0.2) is 81.3 Å². The number of hydrogen-bond acceptors (Lipinski definition) is 8. The van der Waals surface area contributed by atoms with Gasteiger partial charge in [0.1, 0.15) is 12.1 Å². The summed E-state index contributed by atoms with van der Waals surface area (Å²) in [6.07, 6.45) is 1.19. The minimum Gasteiger partial charge on any atom is -0.437 e. The molecule has 3 aliphatic rings. The molecule has 3 aromatic rings. The second-order valence-electron chi connectivity index (χ2n) is 12.8. The summed E-state index contributed by atoms with van der Waals surface area (Å²) < 4.78 is 41.3. The van der Waals surface area contributed by atoms with Crippen LogP contribution in [0.15, 0.2) is 65.7 Å². The summed E-state index contributed by atoms with van der Waals surface area (Å²) >= 11 is 0. The molecular formula is C34H41F2N5O5. The highest BCUT2D eigenvalue weighted by Crippen LogP contribution is 2.46. The van der Waals surface area contributed by atoms with Crippen LogP contribution in [0.5, 0.6) is 11.6 Å². The van der Waals surface area contributed by atoms with Gasteiger partial charge in [-0.3, -0.25) is 19.1 Å². The van der Waals surface area contributed by atoms with Gasteiger partial charge in [-0.05, 0) is 42.5 Å². The molecule has 2 atom stereocenters. The van der Waals surface area contributed by atoms with Gasteiger partial charge in [0.15, 0.2) is 5.69 Å². The van der Waals surface area contributed by atoms with Gasteiger partial charge >= 0.3 is 0 Å². The van der Waals surface area contributed by atoms with Crippen molar-refractivity contribution in [2.75, 3.05) is 45.1 Å². The number of alkyl halides is 2. The molecular weight excluding hydrogens is 596 g/mol. The van der Waals surface area contributed by atoms with Crippen LogP contribution < -0.4 is 16.0 Å². The maximum atomic E-state index is 14.4. The van der Waals surface area contributed by atoms with Crippen molar-refractivity contribution in [2.24, 2.45) is 5.92 Å². The lowest BCUT2D eigenvalue weighted by molar-refractivity contribution is -0.145. The number of nitrogens with zero attached hydrogens (tertiary/aromatic N) is 4. The number of carbonyl (C=O) groups is 1. The number of likely N-dealkylation sites (tertiary alicyclic amines) is 1. The smallest absolute Gasteiger partial charge is 0.280 e. The number of aromatic nitrogens is 2. The molecule has 3 N–H and O–H groups in total. The number of piperidine rings is 1. The van der Waals surface area contributed by atoms with Crippen LogP contribution in [0.4, 0.5) is 14.5 Å². The molecule has 0 unspecified atom stereocenters. The number of hydrogen-bond donors (Lipinski definition) is 2. The van der Waals surface area contributed by atoms with Crippen molar-refractivity contribution in [3.05, 3.63) is 82.4 Å². The fraction of sp³-hybridized carbons (Fsp3) is 0.500. The van der Waals surface area contributed by atoms with E-state index in [1.807, 2.05) is 18.2 Å². The molecule has 1 aromatic heterocycles. The molecule has 0 radical (unpaired) electrons. The highest BCUT2D eigenvalue weighted by molar-refractivity contribution is 5.80. The Hall–Kier alpha value is -3.87. The maximum absolute atomic E-state index is 14.4. The minimum atomic E-state index is -2.81. The molecule has 3 fully saturated rings. The molecule has 2 aromatic carbocycles. The van der Waals surface area contributed by atoms with E-state index in [2.05, 4.69) is 9.88 Å². The summed E-state index contributed by atoms with van der Waals surface area (Å²) in [5.74, 6) is -3.61. The van der Waals surface area contributed by atoms with E-state index in [9.17, 15) is 23.5 Å². The van der Waals surface area contributed by atoms with Crippen LogP contribution >= 0.6 is 0 Å². The van der Waals surface area contributed by atoms with Crippen molar-refractivity contribution in [1.29, 1.82) is 0 Å². The van der Waals surface area contributed by atoms with Crippen molar-refractivity contribution in [2.45, 2.75) is 62.6 Å². The number of nitrogen functional groups attached to an aromatic ring is 1. The zero-order valence-corrected chi connectivity index (χ0v) is 25.8. The van der Waals surface area contributed by atoms with Crippen LogP contribution in [0, 0.1) is 5.92 Å². The molecule has 10 nitrogen and oxygen atoms in total. The largest absolute Gasteiger partial charge is 0.437 e. The molecule has 2 aliphatic heterocycles. The lowest BCUT2D eigenvalue weighted by atomic mass is 9.73. The van der Waals surface area contributed by atoms with E-state index in [4.69, 9.17) is 15.2 Å². The Morgan fingerprint density at radius 2 is 1.72 bits per heavy atom. The van der Waals surface area contributed by atoms with Crippen LogP contribution in [0.2, 0.25) is 0 Å². The number of amides is 1. The Labute approximate surface area is 266 Å². The first-order valence-electron chi connectivity index (χ1n) is 15.9.